The standard InChI is InChI=1S/C20H27N3O2.HI/c1-20(2,3)25-14-16-9-7-8-15(12-16)13-22-19(21)23-17-10-5-6-11-18(17)24-4;/h5-12H,13-14H2,1-4H3,(H3,21,22,23);1H. The number of nitrogens with zero attached hydrogens (tertiary/aromatic N) is 1. The molecule has 0 aliphatic rings. The van der Waals surface area contributed by atoms with Crippen LogP contribution in [-0.2, 0) is 17.9 Å². The summed E-state index contributed by atoms with van der Waals surface area (Å²) in [6, 6.07) is 15.8. The van der Waals surface area contributed by atoms with Crippen molar-refractivity contribution in [1.29, 1.82) is 0 Å². The lowest BCUT2D eigenvalue weighted by Crippen LogP contribution is -2.23. The number of methoxy groups -OCH3 is 1. The van der Waals surface area contributed by atoms with Crippen molar-refractivity contribution in [3.8, 4) is 5.75 Å². The minimum Gasteiger partial charge on any atom is -0.495 e. The van der Waals surface area contributed by atoms with E-state index >= 15 is 0 Å². The number of nitrogens with one attached hydrogen (secondary N) is 1. The summed E-state index contributed by atoms with van der Waals surface area (Å²) in [5.74, 6) is 1.07. The van der Waals surface area contributed by atoms with E-state index in [1.54, 1.807) is 7.11 Å². The number of benzene rings is 2. The van der Waals surface area contributed by atoms with Crippen LogP contribution in [0.4, 0.5) is 5.69 Å². The summed E-state index contributed by atoms with van der Waals surface area (Å²) in [6.45, 7) is 7.22. The number of hydrogen-bond donors (Lipinski definition) is 2. The fourth-order valence-electron chi connectivity index (χ4n) is 2.22. The van der Waals surface area contributed by atoms with Crippen LogP contribution in [0.1, 0.15) is 31.9 Å². The molecule has 0 radical (unpaired) electrons. The van der Waals surface area contributed by atoms with E-state index in [4.69, 9.17) is 15.2 Å². The Labute approximate surface area is 173 Å². The van der Waals surface area contributed by atoms with Crippen LogP contribution in [0.15, 0.2) is 53.5 Å². The minimum atomic E-state index is -0.156. The van der Waals surface area contributed by atoms with Crippen molar-refractivity contribution in [2.24, 2.45) is 10.7 Å². The lowest BCUT2D eigenvalue weighted by molar-refractivity contribution is -0.0149. The lowest BCUT2D eigenvalue weighted by Gasteiger charge is -2.19. The smallest absolute Gasteiger partial charge is 0.193 e. The van der Waals surface area contributed by atoms with Crippen LogP contribution in [0.3, 0.4) is 0 Å². The van der Waals surface area contributed by atoms with Crippen LogP contribution in [0, 0.1) is 0 Å². The molecule has 6 heteroatoms. The van der Waals surface area contributed by atoms with Crippen molar-refractivity contribution in [2.75, 3.05) is 12.4 Å². The van der Waals surface area contributed by atoms with Gasteiger partial charge in [-0.1, -0.05) is 36.4 Å². The van der Waals surface area contributed by atoms with E-state index in [0.717, 1.165) is 22.6 Å². The molecule has 2 aromatic carbocycles. The molecule has 0 spiro atoms. The molecule has 0 amide bonds. The number of anilines is 1. The van der Waals surface area contributed by atoms with Crippen molar-refractivity contribution >= 4 is 35.6 Å². The number of ether oxygens (including phenoxy) is 2. The third-order valence-corrected chi connectivity index (χ3v) is 3.46. The van der Waals surface area contributed by atoms with E-state index < -0.39 is 0 Å². The topological polar surface area (TPSA) is 68.9 Å². The zero-order chi connectivity index (χ0) is 18.3. The maximum atomic E-state index is 5.99. The summed E-state index contributed by atoms with van der Waals surface area (Å²) in [7, 11) is 1.62. The molecule has 2 aromatic rings. The van der Waals surface area contributed by atoms with Crippen molar-refractivity contribution in [3.05, 3.63) is 59.7 Å². The molecule has 0 unspecified atom stereocenters. The van der Waals surface area contributed by atoms with Gasteiger partial charge in [0.2, 0.25) is 0 Å². The van der Waals surface area contributed by atoms with Gasteiger partial charge in [0.25, 0.3) is 0 Å². The van der Waals surface area contributed by atoms with Gasteiger partial charge in [-0.2, -0.15) is 0 Å². The number of rotatable bonds is 6. The number of para-hydroxylation sites is 2. The molecule has 0 atom stereocenters. The van der Waals surface area contributed by atoms with E-state index in [1.807, 2.05) is 57.2 Å². The second kappa shape index (κ2) is 10.4. The van der Waals surface area contributed by atoms with E-state index in [0.29, 0.717) is 19.1 Å². The van der Waals surface area contributed by atoms with Crippen LogP contribution in [0.2, 0.25) is 0 Å². The Bertz CT molecular complexity index is 727. The molecular formula is C20H28IN3O2. The lowest BCUT2D eigenvalue weighted by atomic mass is 10.1. The summed E-state index contributed by atoms with van der Waals surface area (Å²) in [5, 5.41) is 3.07. The molecule has 2 rings (SSSR count). The fourth-order valence-corrected chi connectivity index (χ4v) is 2.22. The zero-order valence-electron chi connectivity index (χ0n) is 15.8. The Morgan fingerprint density at radius 1 is 1.08 bits per heavy atom. The SMILES string of the molecule is COc1ccccc1NC(N)=NCc1cccc(COC(C)(C)C)c1.I. The van der Waals surface area contributed by atoms with Gasteiger partial charge in [-0.15, -0.1) is 24.0 Å². The quantitative estimate of drug-likeness (QED) is 0.370. The molecule has 0 aliphatic carbocycles. The zero-order valence-corrected chi connectivity index (χ0v) is 18.1. The third kappa shape index (κ3) is 7.61. The van der Waals surface area contributed by atoms with Gasteiger partial charge in [0, 0.05) is 0 Å². The number of nitrogens with two attached hydrogens (primary N) is 1. The van der Waals surface area contributed by atoms with E-state index in [1.165, 1.54) is 0 Å². The molecule has 142 valence electrons. The number of guanidine groups is 1. The molecule has 3 N–H and O–H groups in total. The fraction of sp³-hybridized carbons (Fsp3) is 0.350. The Kier molecular flexibility index (Phi) is 8.87. The predicted molar refractivity (Wildman–Crippen MR) is 118 cm³/mol. The van der Waals surface area contributed by atoms with Crippen LogP contribution in [0.5, 0.6) is 5.75 Å². The Morgan fingerprint density at radius 2 is 1.77 bits per heavy atom. The average molecular weight is 469 g/mol. The average Bonchev–Trinajstić information content (AvgIpc) is 2.58. The van der Waals surface area contributed by atoms with E-state index in [-0.39, 0.29) is 29.6 Å². The Morgan fingerprint density at radius 3 is 2.46 bits per heavy atom. The van der Waals surface area contributed by atoms with Gasteiger partial charge in [0.15, 0.2) is 5.96 Å². The minimum absolute atomic E-state index is 0. The van der Waals surface area contributed by atoms with Crippen molar-refractivity contribution in [1.82, 2.24) is 0 Å². The summed E-state index contributed by atoms with van der Waals surface area (Å²) in [4.78, 5) is 4.40. The highest BCUT2D eigenvalue weighted by molar-refractivity contribution is 14.0. The second-order valence-electron chi connectivity index (χ2n) is 6.75. The van der Waals surface area contributed by atoms with E-state index in [9.17, 15) is 0 Å². The van der Waals surface area contributed by atoms with Gasteiger partial charge < -0.3 is 20.5 Å². The first-order valence-electron chi connectivity index (χ1n) is 8.29. The van der Waals surface area contributed by atoms with E-state index in [2.05, 4.69) is 22.4 Å². The van der Waals surface area contributed by atoms with Gasteiger partial charge in [-0.25, -0.2) is 4.99 Å². The number of aliphatic imine (C=N–C) groups is 1. The maximum absolute atomic E-state index is 5.99. The Hall–Kier alpha value is -1.80. The monoisotopic (exact) mass is 469 g/mol. The molecule has 0 saturated carbocycles. The third-order valence-electron chi connectivity index (χ3n) is 3.46. The van der Waals surface area contributed by atoms with Crippen molar-refractivity contribution in [2.45, 2.75) is 39.5 Å². The molecule has 0 heterocycles. The summed E-state index contributed by atoms with van der Waals surface area (Å²) in [6.07, 6.45) is 0. The maximum Gasteiger partial charge on any atom is 0.193 e. The summed E-state index contributed by atoms with van der Waals surface area (Å²) in [5.41, 5.74) is 8.83. The van der Waals surface area contributed by atoms with Crippen LogP contribution < -0.4 is 15.8 Å². The molecule has 0 aromatic heterocycles. The summed E-state index contributed by atoms with van der Waals surface area (Å²) >= 11 is 0. The highest BCUT2D eigenvalue weighted by atomic mass is 127. The molecule has 5 nitrogen and oxygen atoms in total. The Balaban J connectivity index is 0.00000338. The predicted octanol–water partition coefficient (Wildman–Crippen LogP) is 4.56. The summed E-state index contributed by atoms with van der Waals surface area (Å²) < 4.78 is 11.1. The van der Waals surface area contributed by atoms with Gasteiger partial charge in [0.05, 0.1) is 31.5 Å². The van der Waals surface area contributed by atoms with Gasteiger partial charge >= 0.3 is 0 Å². The first-order valence-corrected chi connectivity index (χ1v) is 8.29. The van der Waals surface area contributed by atoms with Crippen LogP contribution in [0.25, 0.3) is 0 Å². The van der Waals surface area contributed by atoms with Gasteiger partial charge in [0.1, 0.15) is 5.75 Å². The molecule has 26 heavy (non-hydrogen) atoms. The molecule has 0 saturated heterocycles. The molecule has 0 fully saturated rings. The first kappa shape index (κ1) is 22.2. The number of halogens is 1. The molecule has 0 bridgehead atoms. The van der Waals surface area contributed by atoms with Gasteiger partial charge in [-0.05, 0) is 44.0 Å². The van der Waals surface area contributed by atoms with Crippen LogP contribution in [-0.4, -0.2) is 18.7 Å². The first-order chi connectivity index (χ1) is 11.9. The largest absolute Gasteiger partial charge is 0.495 e. The highest BCUT2D eigenvalue weighted by Crippen LogP contribution is 2.22. The second-order valence-corrected chi connectivity index (χ2v) is 6.75. The van der Waals surface area contributed by atoms with Crippen molar-refractivity contribution in [3.63, 3.8) is 0 Å². The highest BCUT2D eigenvalue weighted by Gasteiger charge is 2.10. The normalized spacial score (nSPS) is 11.6. The number of hydrogen-bond acceptors (Lipinski definition) is 3. The molecule has 0 aliphatic heterocycles. The molecular weight excluding hydrogens is 441 g/mol. The van der Waals surface area contributed by atoms with Crippen molar-refractivity contribution < 1.29 is 9.47 Å². The van der Waals surface area contributed by atoms with Gasteiger partial charge in [-0.3, -0.25) is 0 Å². The van der Waals surface area contributed by atoms with Crippen LogP contribution >= 0.6 is 24.0 Å².